The number of carbonyl (C=O) groups excluding carboxylic acids is 1. The fourth-order valence-electron chi connectivity index (χ4n) is 4.68. The predicted octanol–water partition coefficient (Wildman–Crippen LogP) is 5.51. The number of fused-ring (bicyclic) bond motifs is 1. The maximum atomic E-state index is 11.6. The van der Waals surface area contributed by atoms with Crippen LogP contribution in [-0.2, 0) is 4.79 Å². The van der Waals surface area contributed by atoms with E-state index in [0.717, 1.165) is 35.3 Å². The summed E-state index contributed by atoms with van der Waals surface area (Å²) >= 11 is 0. The van der Waals surface area contributed by atoms with Gasteiger partial charge in [-0.3, -0.25) is 4.79 Å². The van der Waals surface area contributed by atoms with Crippen molar-refractivity contribution in [2.24, 2.45) is 5.41 Å². The topological polar surface area (TPSA) is 107 Å². The van der Waals surface area contributed by atoms with Crippen molar-refractivity contribution in [2.75, 3.05) is 11.1 Å². The molecule has 1 amide bonds. The van der Waals surface area contributed by atoms with Crippen LogP contribution >= 0.6 is 0 Å². The molecule has 3 N–H and O–H groups in total. The zero-order valence-corrected chi connectivity index (χ0v) is 20.6. The first-order valence-corrected chi connectivity index (χ1v) is 12.1. The number of nitrogens with two attached hydrogens (primary N) is 1. The van der Waals surface area contributed by atoms with Gasteiger partial charge in [-0.05, 0) is 67.0 Å². The molecule has 0 aliphatic heterocycles. The molecule has 1 fully saturated rings. The van der Waals surface area contributed by atoms with Crippen LogP contribution in [-0.4, -0.2) is 31.8 Å². The van der Waals surface area contributed by atoms with E-state index in [9.17, 15) is 4.79 Å². The first kappa shape index (κ1) is 23.5. The fraction of sp³-hybridized carbons (Fsp3) is 0.286. The van der Waals surface area contributed by atoms with Crippen LogP contribution in [0.3, 0.4) is 0 Å². The largest absolute Gasteiger partial charge is 0.490 e. The van der Waals surface area contributed by atoms with Crippen molar-refractivity contribution in [3.05, 3.63) is 67.5 Å². The van der Waals surface area contributed by atoms with Crippen LogP contribution in [0.1, 0.15) is 39.5 Å². The Morgan fingerprint density at radius 3 is 2.44 bits per heavy atom. The van der Waals surface area contributed by atoms with Gasteiger partial charge in [-0.2, -0.15) is 0 Å². The highest BCUT2D eigenvalue weighted by Crippen LogP contribution is 2.39. The highest BCUT2D eigenvalue weighted by atomic mass is 16.5. The summed E-state index contributed by atoms with van der Waals surface area (Å²) in [5.41, 5.74) is 11.3. The maximum Gasteiger partial charge on any atom is 0.247 e. The third-order valence-corrected chi connectivity index (χ3v) is 6.81. The van der Waals surface area contributed by atoms with Crippen molar-refractivity contribution in [3.63, 3.8) is 0 Å². The van der Waals surface area contributed by atoms with E-state index in [2.05, 4.69) is 35.8 Å². The highest BCUT2D eigenvalue weighted by molar-refractivity contribution is 5.99. The molecule has 8 nitrogen and oxygen atoms in total. The van der Waals surface area contributed by atoms with Crippen molar-refractivity contribution in [2.45, 2.75) is 45.6 Å². The van der Waals surface area contributed by atoms with Gasteiger partial charge in [0, 0.05) is 16.8 Å². The van der Waals surface area contributed by atoms with Gasteiger partial charge in [0.1, 0.15) is 23.3 Å². The number of aromatic nitrogens is 4. The third kappa shape index (κ3) is 4.79. The molecule has 184 valence electrons. The Morgan fingerprint density at radius 2 is 1.78 bits per heavy atom. The van der Waals surface area contributed by atoms with Gasteiger partial charge >= 0.3 is 0 Å². The number of carbonyl (C=O) groups is 1. The molecule has 0 spiro atoms. The van der Waals surface area contributed by atoms with Gasteiger partial charge in [-0.1, -0.05) is 44.7 Å². The second-order valence-electron chi connectivity index (χ2n) is 9.98. The number of hydrogen-bond donors (Lipinski definition) is 2. The molecular weight excluding hydrogens is 452 g/mol. The van der Waals surface area contributed by atoms with Gasteiger partial charge in [0.25, 0.3) is 0 Å². The van der Waals surface area contributed by atoms with Crippen LogP contribution in [0.25, 0.3) is 27.9 Å². The summed E-state index contributed by atoms with van der Waals surface area (Å²) in [5.74, 6) is 0.935. The van der Waals surface area contributed by atoms with Crippen LogP contribution in [0.15, 0.2) is 67.5 Å². The SMILES string of the molecule is C=CC(=O)Nc1ccc(-c2nn3ncnc(N)c3c2-c2ccc(OC3CCC(C)(C)CC3)cc2)cc1. The summed E-state index contributed by atoms with van der Waals surface area (Å²) in [6.07, 6.45) is 7.37. The average Bonchev–Trinajstić information content (AvgIpc) is 3.27. The molecular formula is C28H30N6O2. The number of amides is 1. The summed E-state index contributed by atoms with van der Waals surface area (Å²) in [7, 11) is 0. The number of ether oxygens (including phenoxy) is 1. The van der Waals surface area contributed by atoms with Crippen molar-refractivity contribution in [3.8, 4) is 28.1 Å². The summed E-state index contributed by atoms with van der Waals surface area (Å²) in [5, 5.41) is 11.7. The molecule has 0 bridgehead atoms. The van der Waals surface area contributed by atoms with E-state index in [4.69, 9.17) is 15.6 Å². The summed E-state index contributed by atoms with van der Waals surface area (Å²) < 4.78 is 7.80. The molecule has 0 atom stereocenters. The number of rotatable bonds is 6. The second-order valence-corrected chi connectivity index (χ2v) is 9.98. The molecule has 8 heteroatoms. The Balaban J connectivity index is 1.47. The lowest BCUT2D eigenvalue weighted by atomic mass is 9.76. The molecule has 0 saturated heterocycles. The van der Waals surface area contributed by atoms with E-state index in [-0.39, 0.29) is 12.0 Å². The van der Waals surface area contributed by atoms with E-state index < -0.39 is 0 Å². The van der Waals surface area contributed by atoms with E-state index in [1.165, 1.54) is 29.9 Å². The van der Waals surface area contributed by atoms with Crippen molar-refractivity contribution in [1.82, 2.24) is 19.8 Å². The van der Waals surface area contributed by atoms with Crippen LogP contribution in [0, 0.1) is 5.41 Å². The summed E-state index contributed by atoms with van der Waals surface area (Å²) in [6.45, 7) is 8.14. The number of nitrogens with zero attached hydrogens (tertiary/aromatic N) is 4. The molecule has 2 heterocycles. The minimum Gasteiger partial charge on any atom is -0.490 e. The first-order chi connectivity index (χ1) is 17.3. The number of nitrogen functional groups attached to an aromatic ring is 1. The van der Waals surface area contributed by atoms with Crippen LogP contribution in [0.4, 0.5) is 11.5 Å². The molecule has 5 rings (SSSR count). The van der Waals surface area contributed by atoms with Gasteiger partial charge in [-0.25, -0.2) is 4.98 Å². The molecule has 1 aliphatic carbocycles. The Bertz CT molecular complexity index is 1400. The Morgan fingerprint density at radius 1 is 1.11 bits per heavy atom. The molecule has 2 aromatic carbocycles. The minimum absolute atomic E-state index is 0.251. The van der Waals surface area contributed by atoms with Gasteiger partial charge < -0.3 is 15.8 Å². The van der Waals surface area contributed by atoms with Crippen molar-refractivity contribution < 1.29 is 9.53 Å². The normalized spacial score (nSPS) is 15.5. The second kappa shape index (κ2) is 9.45. The Labute approximate surface area is 210 Å². The average molecular weight is 483 g/mol. The predicted molar refractivity (Wildman–Crippen MR) is 142 cm³/mol. The summed E-state index contributed by atoms with van der Waals surface area (Å²) in [6, 6.07) is 15.5. The van der Waals surface area contributed by atoms with Crippen molar-refractivity contribution >= 4 is 22.9 Å². The molecule has 36 heavy (non-hydrogen) atoms. The zero-order valence-electron chi connectivity index (χ0n) is 20.6. The van der Waals surface area contributed by atoms with Crippen LogP contribution in [0.2, 0.25) is 0 Å². The standard InChI is InChI=1S/C28H30N6O2/c1-4-23(35)32-20-9-5-19(6-10-20)25-24(26-27(29)30-17-31-34(26)33-25)18-7-11-21(12-8-18)36-22-13-15-28(2,3)16-14-22/h4-12,17,22H,1,13-16H2,2-3H3,(H,32,35)(H2,29,30,31). The Hall–Kier alpha value is -4.20. The van der Waals surface area contributed by atoms with E-state index in [1.807, 2.05) is 48.5 Å². The van der Waals surface area contributed by atoms with Gasteiger partial charge in [0.15, 0.2) is 5.82 Å². The smallest absolute Gasteiger partial charge is 0.247 e. The maximum absolute atomic E-state index is 11.6. The lowest BCUT2D eigenvalue weighted by Gasteiger charge is -2.34. The van der Waals surface area contributed by atoms with Gasteiger partial charge in [-0.15, -0.1) is 14.8 Å². The van der Waals surface area contributed by atoms with E-state index in [1.54, 1.807) is 0 Å². The van der Waals surface area contributed by atoms with E-state index in [0.29, 0.717) is 28.1 Å². The third-order valence-electron chi connectivity index (χ3n) is 6.81. The Kier molecular flexibility index (Phi) is 6.18. The number of benzene rings is 2. The molecule has 0 radical (unpaired) electrons. The van der Waals surface area contributed by atoms with Crippen LogP contribution < -0.4 is 15.8 Å². The summed E-state index contributed by atoms with van der Waals surface area (Å²) in [4.78, 5) is 15.8. The molecule has 1 aliphatic rings. The molecule has 1 saturated carbocycles. The van der Waals surface area contributed by atoms with Gasteiger partial charge in [0.05, 0.1) is 6.10 Å². The zero-order chi connectivity index (χ0) is 25.3. The lowest BCUT2D eigenvalue weighted by molar-refractivity contribution is -0.111. The minimum atomic E-state index is -0.265. The van der Waals surface area contributed by atoms with Crippen molar-refractivity contribution in [1.29, 1.82) is 0 Å². The number of nitrogens with one attached hydrogen (secondary N) is 1. The highest BCUT2D eigenvalue weighted by Gasteiger charge is 2.28. The van der Waals surface area contributed by atoms with Gasteiger partial charge in [0.2, 0.25) is 5.91 Å². The first-order valence-electron chi connectivity index (χ1n) is 12.1. The van der Waals surface area contributed by atoms with Crippen LogP contribution in [0.5, 0.6) is 5.75 Å². The quantitative estimate of drug-likeness (QED) is 0.351. The number of anilines is 2. The monoisotopic (exact) mass is 482 g/mol. The molecule has 0 unspecified atom stereocenters. The van der Waals surface area contributed by atoms with E-state index >= 15 is 0 Å². The molecule has 4 aromatic rings. The lowest BCUT2D eigenvalue weighted by Crippen LogP contribution is -2.28. The molecule has 2 aromatic heterocycles. The number of hydrogen-bond acceptors (Lipinski definition) is 6. The fourth-order valence-corrected chi connectivity index (χ4v) is 4.68.